The first-order valence-corrected chi connectivity index (χ1v) is 7.34. The molecule has 6 heteroatoms. The number of amides is 1. The zero-order chi connectivity index (χ0) is 16.6. The number of Topliss-reactive ketones (excluding diaryl/α,β-unsaturated/α-hetero) is 1. The predicted molar refractivity (Wildman–Crippen MR) is 81.0 cm³/mol. The van der Waals surface area contributed by atoms with E-state index in [1.54, 1.807) is 30.4 Å². The third-order valence-corrected chi connectivity index (χ3v) is 4.29. The number of aromatic nitrogens is 1. The van der Waals surface area contributed by atoms with E-state index in [1.807, 2.05) is 0 Å². The maximum absolute atomic E-state index is 12.7. The van der Waals surface area contributed by atoms with Crippen molar-refractivity contribution in [2.45, 2.75) is 39.7 Å². The van der Waals surface area contributed by atoms with Crippen molar-refractivity contribution < 1.29 is 19.1 Å². The Morgan fingerprint density at radius 3 is 2.32 bits per heavy atom. The fourth-order valence-electron chi connectivity index (χ4n) is 2.89. The van der Waals surface area contributed by atoms with Crippen LogP contribution in [-0.2, 0) is 16.6 Å². The zero-order valence-corrected chi connectivity index (χ0v) is 13.7. The minimum Gasteiger partial charge on any atom is -0.464 e. The number of ketones is 1. The topological polar surface area (TPSA) is 68.6 Å². The summed E-state index contributed by atoms with van der Waals surface area (Å²) in [6.07, 6.45) is 1.90. The minimum atomic E-state index is -0.465. The summed E-state index contributed by atoms with van der Waals surface area (Å²) in [5.41, 5.74) is 2.21. The molecule has 0 unspecified atom stereocenters. The van der Waals surface area contributed by atoms with Crippen molar-refractivity contribution in [3.05, 3.63) is 22.5 Å². The first-order chi connectivity index (χ1) is 10.3. The van der Waals surface area contributed by atoms with Crippen LogP contribution in [-0.4, -0.2) is 46.8 Å². The Morgan fingerprint density at radius 1 is 1.27 bits per heavy atom. The maximum atomic E-state index is 12.7. The number of rotatable bonds is 5. The summed E-state index contributed by atoms with van der Waals surface area (Å²) in [6, 6.07) is 0.186. The highest BCUT2D eigenvalue weighted by Crippen LogP contribution is 2.28. The van der Waals surface area contributed by atoms with Gasteiger partial charge in [-0.2, -0.15) is 0 Å². The van der Waals surface area contributed by atoms with Crippen LogP contribution in [0, 0.1) is 13.8 Å². The van der Waals surface area contributed by atoms with Crippen LogP contribution in [0.3, 0.4) is 0 Å². The molecule has 6 nitrogen and oxygen atoms in total. The number of esters is 1. The molecule has 0 radical (unpaired) electrons. The summed E-state index contributed by atoms with van der Waals surface area (Å²) < 4.78 is 6.45. The van der Waals surface area contributed by atoms with Crippen molar-refractivity contribution in [2.75, 3.05) is 13.7 Å². The van der Waals surface area contributed by atoms with Crippen LogP contribution in [0.5, 0.6) is 0 Å². The Hall–Kier alpha value is -2.11. The zero-order valence-electron chi connectivity index (χ0n) is 13.7. The second kappa shape index (κ2) is 5.94. The lowest BCUT2D eigenvalue weighted by Gasteiger charge is -2.19. The van der Waals surface area contributed by atoms with Crippen LogP contribution in [0.25, 0.3) is 0 Å². The van der Waals surface area contributed by atoms with Gasteiger partial charge in [-0.25, -0.2) is 4.79 Å². The fraction of sp³-hybridized carbons (Fsp3) is 0.562. The largest absolute Gasteiger partial charge is 0.464 e. The van der Waals surface area contributed by atoms with Gasteiger partial charge in [0.15, 0.2) is 5.78 Å². The molecule has 120 valence electrons. The van der Waals surface area contributed by atoms with Crippen LogP contribution < -0.4 is 0 Å². The number of carbonyl (C=O) groups excluding carboxylic acids is 3. The molecule has 1 fully saturated rings. The molecule has 0 aromatic carbocycles. The number of nitrogens with zero attached hydrogens (tertiary/aromatic N) is 2. The summed E-state index contributed by atoms with van der Waals surface area (Å²) in [5.74, 6) is -0.689. The average molecular weight is 306 g/mol. The van der Waals surface area contributed by atoms with Gasteiger partial charge < -0.3 is 14.2 Å². The monoisotopic (exact) mass is 306 g/mol. The molecular weight excluding hydrogens is 284 g/mol. The molecule has 1 amide bonds. The Morgan fingerprint density at radius 2 is 1.86 bits per heavy atom. The van der Waals surface area contributed by atoms with Crippen LogP contribution in [0.2, 0.25) is 0 Å². The normalized spacial score (nSPS) is 13.9. The molecule has 0 spiro atoms. The number of hydrogen-bond acceptors (Lipinski definition) is 4. The first kappa shape index (κ1) is 16.3. The van der Waals surface area contributed by atoms with E-state index in [-0.39, 0.29) is 24.3 Å². The summed E-state index contributed by atoms with van der Waals surface area (Å²) in [6.45, 7) is 5.08. The molecule has 1 heterocycles. The van der Waals surface area contributed by atoms with Crippen molar-refractivity contribution in [1.82, 2.24) is 9.47 Å². The molecule has 1 aromatic rings. The van der Waals surface area contributed by atoms with Crippen LogP contribution in [0.1, 0.15) is 51.9 Å². The smallest absolute Gasteiger partial charge is 0.354 e. The van der Waals surface area contributed by atoms with E-state index in [9.17, 15) is 14.4 Å². The van der Waals surface area contributed by atoms with Crippen LogP contribution in [0.15, 0.2) is 0 Å². The van der Waals surface area contributed by atoms with E-state index < -0.39 is 5.97 Å². The number of hydrogen-bond donors (Lipinski definition) is 0. The van der Waals surface area contributed by atoms with Gasteiger partial charge in [-0.15, -0.1) is 0 Å². The molecule has 1 saturated carbocycles. The summed E-state index contributed by atoms with van der Waals surface area (Å²) >= 11 is 0. The van der Waals surface area contributed by atoms with Crippen molar-refractivity contribution in [2.24, 2.45) is 7.05 Å². The Labute approximate surface area is 130 Å². The lowest BCUT2D eigenvalue weighted by Crippen LogP contribution is -2.36. The molecular formula is C16H22N2O4. The van der Waals surface area contributed by atoms with E-state index in [2.05, 4.69) is 0 Å². The number of methoxy groups -OCH3 is 1. The highest BCUT2D eigenvalue weighted by molar-refractivity contribution is 6.04. The molecule has 0 saturated heterocycles. The van der Waals surface area contributed by atoms with Crippen molar-refractivity contribution >= 4 is 17.7 Å². The molecule has 1 aromatic heterocycles. The van der Waals surface area contributed by atoms with Crippen molar-refractivity contribution in [3.8, 4) is 0 Å². The van der Waals surface area contributed by atoms with Crippen LogP contribution >= 0.6 is 0 Å². The molecule has 0 atom stereocenters. The fourth-order valence-corrected chi connectivity index (χ4v) is 2.89. The molecule has 1 aliphatic carbocycles. The summed E-state index contributed by atoms with van der Waals surface area (Å²) in [4.78, 5) is 37.8. The quantitative estimate of drug-likeness (QED) is 0.612. The first-order valence-electron chi connectivity index (χ1n) is 7.34. The Balaban J connectivity index is 2.34. The number of carbonyl (C=O) groups is 3. The van der Waals surface area contributed by atoms with Gasteiger partial charge in [0.25, 0.3) is 0 Å². The highest BCUT2D eigenvalue weighted by Gasteiger charge is 2.34. The lowest BCUT2D eigenvalue weighted by molar-refractivity contribution is -0.128. The van der Waals surface area contributed by atoms with Crippen molar-refractivity contribution in [1.29, 1.82) is 0 Å². The highest BCUT2D eigenvalue weighted by atomic mass is 16.5. The van der Waals surface area contributed by atoms with Gasteiger partial charge in [-0.05, 0) is 32.3 Å². The molecule has 0 aliphatic heterocycles. The standard InChI is InChI=1S/C16H22N2O4/c1-9-14(10(2)17(4)15(9)16(21)22-5)13(20)8-18(11(3)19)12-6-7-12/h12H,6-8H2,1-5H3. The summed E-state index contributed by atoms with van der Waals surface area (Å²) in [5, 5.41) is 0. The van der Waals surface area contributed by atoms with Gasteiger partial charge >= 0.3 is 5.97 Å². The molecule has 0 N–H and O–H groups in total. The molecule has 0 bridgehead atoms. The Kier molecular flexibility index (Phi) is 4.39. The third-order valence-electron chi connectivity index (χ3n) is 4.29. The summed E-state index contributed by atoms with van der Waals surface area (Å²) in [7, 11) is 3.05. The van der Waals surface area contributed by atoms with Crippen LogP contribution in [0.4, 0.5) is 0 Å². The SMILES string of the molecule is COC(=O)c1c(C)c(C(=O)CN(C(C)=O)C2CC2)c(C)n1C. The average Bonchev–Trinajstić information content (AvgIpc) is 3.25. The van der Waals surface area contributed by atoms with Gasteiger partial charge in [0, 0.05) is 31.3 Å². The molecule has 2 rings (SSSR count). The van der Waals surface area contributed by atoms with E-state index >= 15 is 0 Å². The van der Waals surface area contributed by atoms with Gasteiger partial charge in [-0.1, -0.05) is 0 Å². The van der Waals surface area contributed by atoms with E-state index in [4.69, 9.17) is 4.74 Å². The number of ether oxygens (including phenoxy) is 1. The van der Waals surface area contributed by atoms with Gasteiger partial charge in [0.05, 0.1) is 13.7 Å². The van der Waals surface area contributed by atoms with Gasteiger partial charge in [0.1, 0.15) is 5.69 Å². The second-order valence-corrected chi connectivity index (χ2v) is 5.79. The van der Waals surface area contributed by atoms with Crippen molar-refractivity contribution in [3.63, 3.8) is 0 Å². The lowest BCUT2D eigenvalue weighted by atomic mass is 10.1. The van der Waals surface area contributed by atoms with Gasteiger partial charge in [0.2, 0.25) is 5.91 Å². The van der Waals surface area contributed by atoms with E-state index in [0.717, 1.165) is 12.8 Å². The minimum absolute atomic E-state index is 0.0618. The predicted octanol–water partition coefficient (Wildman–Crippen LogP) is 1.62. The van der Waals surface area contributed by atoms with E-state index in [1.165, 1.54) is 14.0 Å². The second-order valence-electron chi connectivity index (χ2n) is 5.79. The Bertz CT molecular complexity index is 641. The maximum Gasteiger partial charge on any atom is 0.354 e. The molecule has 22 heavy (non-hydrogen) atoms. The van der Waals surface area contributed by atoms with Gasteiger partial charge in [-0.3, -0.25) is 9.59 Å². The van der Waals surface area contributed by atoms with E-state index in [0.29, 0.717) is 22.5 Å². The third kappa shape index (κ3) is 2.77. The molecule has 1 aliphatic rings.